The summed E-state index contributed by atoms with van der Waals surface area (Å²) >= 11 is 2.07. The fourth-order valence-corrected chi connectivity index (χ4v) is 2.17. The number of amides is 1. The first kappa shape index (κ1) is 13.5. The van der Waals surface area contributed by atoms with Gasteiger partial charge in [-0.15, -0.1) is 0 Å². The molecule has 0 fully saturated rings. The van der Waals surface area contributed by atoms with Gasteiger partial charge in [0, 0.05) is 21.4 Å². The summed E-state index contributed by atoms with van der Waals surface area (Å²) in [4.78, 5) is 22.2. The van der Waals surface area contributed by atoms with E-state index in [9.17, 15) is 14.9 Å². The maximum Gasteiger partial charge on any atom is 0.271 e. The maximum absolute atomic E-state index is 12.0. The van der Waals surface area contributed by atoms with E-state index in [1.54, 1.807) is 18.2 Å². The van der Waals surface area contributed by atoms with Gasteiger partial charge in [0.05, 0.1) is 10.5 Å². The van der Waals surface area contributed by atoms with E-state index in [4.69, 9.17) is 0 Å². The molecule has 2 aromatic rings. The number of halogens is 1. The van der Waals surface area contributed by atoms with E-state index in [2.05, 4.69) is 27.9 Å². The number of rotatable bonds is 3. The number of anilines is 1. The van der Waals surface area contributed by atoms with Gasteiger partial charge in [0.1, 0.15) is 0 Å². The van der Waals surface area contributed by atoms with Gasteiger partial charge in [0.25, 0.3) is 11.6 Å². The minimum atomic E-state index is -0.498. The first-order chi connectivity index (χ1) is 9.08. The highest BCUT2D eigenvalue weighted by Gasteiger charge is 2.11. The molecule has 0 spiro atoms. The van der Waals surface area contributed by atoms with Crippen molar-refractivity contribution in [2.24, 2.45) is 0 Å². The molecule has 0 unspecified atom stereocenters. The smallest absolute Gasteiger partial charge is 0.271 e. The molecule has 0 aliphatic heterocycles. The highest BCUT2D eigenvalue weighted by atomic mass is 127. The second kappa shape index (κ2) is 5.79. The van der Waals surface area contributed by atoms with Crippen molar-refractivity contribution in [2.45, 2.75) is 0 Å². The van der Waals surface area contributed by atoms with Gasteiger partial charge in [0.15, 0.2) is 0 Å². The molecule has 0 bridgehead atoms. The number of nitrogens with zero attached hydrogens (tertiary/aromatic N) is 1. The van der Waals surface area contributed by atoms with E-state index < -0.39 is 4.92 Å². The number of nitro groups is 1. The van der Waals surface area contributed by atoms with Crippen LogP contribution in [0.1, 0.15) is 10.4 Å². The number of carbonyl (C=O) groups excluding carboxylic acids is 1. The molecular formula is C13H9IN2O3. The van der Waals surface area contributed by atoms with Crippen LogP contribution in [-0.4, -0.2) is 10.8 Å². The first-order valence-corrected chi connectivity index (χ1v) is 6.46. The second-order valence-corrected chi connectivity index (χ2v) is 4.90. The van der Waals surface area contributed by atoms with Gasteiger partial charge in [-0.1, -0.05) is 18.2 Å². The van der Waals surface area contributed by atoms with Crippen LogP contribution >= 0.6 is 22.6 Å². The van der Waals surface area contributed by atoms with E-state index in [1.807, 2.05) is 12.1 Å². The summed E-state index contributed by atoms with van der Waals surface area (Å²) < 4.78 is 0.822. The summed E-state index contributed by atoms with van der Waals surface area (Å²) in [6.07, 6.45) is 0. The lowest BCUT2D eigenvalue weighted by Gasteiger charge is -2.06. The van der Waals surface area contributed by atoms with Crippen LogP contribution in [0.3, 0.4) is 0 Å². The fraction of sp³-hybridized carbons (Fsp3) is 0. The van der Waals surface area contributed by atoms with Crippen molar-refractivity contribution < 1.29 is 9.72 Å². The number of benzene rings is 2. The van der Waals surface area contributed by atoms with Gasteiger partial charge in [-0.25, -0.2) is 0 Å². The Morgan fingerprint density at radius 1 is 1.16 bits per heavy atom. The van der Waals surface area contributed by atoms with Crippen LogP contribution in [0.2, 0.25) is 0 Å². The van der Waals surface area contributed by atoms with Crippen LogP contribution in [0.15, 0.2) is 48.5 Å². The minimum Gasteiger partial charge on any atom is -0.322 e. The number of non-ortho nitro benzene ring substituents is 1. The molecule has 2 aromatic carbocycles. The van der Waals surface area contributed by atoms with Gasteiger partial charge in [-0.3, -0.25) is 14.9 Å². The number of hydrogen-bond donors (Lipinski definition) is 1. The van der Waals surface area contributed by atoms with Crippen LogP contribution in [0.5, 0.6) is 0 Å². The van der Waals surface area contributed by atoms with Crippen LogP contribution in [0, 0.1) is 13.7 Å². The molecule has 0 saturated carbocycles. The van der Waals surface area contributed by atoms with Crippen molar-refractivity contribution in [3.8, 4) is 0 Å². The lowest BCUT2D eigenvalue weighted by Crippen LogP contribution is -2.13. The van der Waals surface area contributed by atoms with Crippen molar-refractivity contribution >= 4 is 39.9 Å². The Balaban J connectivity index is 2.22. The Kier molecular flexibility index (Phi) is 4.10. The Bertz CT molecular complexity index is 643. The molecule has 0 heterocycles. The zero-order valence-electron chi connectivity index (χ0n) is 9.67. The zero-order chi connectivity index (χ0) is 13.8. The van der Waals surface area contributed by atoms with Gasteiger partial charge in [-0.05, 0) is 40.8 Å². The van der Waals surface area contributed by atoms with Crippen molar-refractivity contribution in [1.82, 2.24) is 0 Å². The van der Waals surface area contributed by atoms with Crippen molar-refractivity contribution in [3.05, 3.63) is 67.8 Å². The molecule has 0 aliphatic rings. The summed E-state index contributed by atoms with van der Waals surface area (Å²) in [5.41, 5.74) is 0.883. The largest absolute Gasteiger partial charge is 0.322 e. The number of hydrogen-bond acceptors (Lipinski definition) is 3. The Labute approximate surface area is 122 Å². The van der Waals surface area contributed by atoms with E-state index >= 15 is 0 Å². The molecule has 0 atom stereocenters. The van der Waals surface area contributed by atoms with Crippen molar-refractivity contribution in [3.63, 3.8) is 0 Å². The highest BCUT2D eigenvalue weighted by Crippen LogP contribution is 2.19. The third kappa shape index (κ3) is 3.28. The van der Waals surface area contributed by atoms with Crippen LogP contribution in [-0.2, 0) is 0 Å². The highest BCUT2D eigenvalue weighted by molar-refractivity contribution is 14.1. The molecule has 0 radical (unpaired) electrons. The van der Waals surface area contributed by atoms with Crippen LogP contribution in [0.4, 0.5) is 11.4 Å². The van der Waals surface area contributed by atoms with Gasteiger partial charge in [-0.2, -0.15) is 0 Å². The third-order valence-electron chi connectivity index (χ3n) is 2.43. The SMILES string of the molecule is O=C(Nc1cccc([N+](=O)[O-])c1)c1ccccc1I. The number of nitrogens with one attached hydrogen (secondary N) is 1. The summed E-state index contributed by atoms with van der Waals surface area (Å²) in [5.74, 6) is -0.287. The topological polar surface area (TPSA) is 72.2 Å². The predicted octanol–water partition coefficient (Wildman–Crippen LogP) is 3.45. The van der Waals surface area contributed by atoms with E-state index in [-0.39, 0.29) is 11.6 Å². The standard InChI is InChI=1S/C13H9IN2O3/c14-12-7-2-1-6-11(12)13(17)15-9-4-3-5-10(8-9)16(18)19/h1-8H,(H,15,17). The van der Waals surface area contributed by atoms with E-state index in [0.717, 1.165) is 3.57 Å². The van der Waals surface area contributed by atoms with E-state index in [0.29, 0.717) is 11.3 Å². The Morgan fingerprint density at radius 3 is 2.58 bits per heavy atom. The molecule has 0 saturated heterocycles. The molecule has 5 nitrogen and oxygen atoms in total. The van der Waals surface area contributed by atoms with Gasteiger partial charge in [0.2, 0.25) is 0 Å². The molecule has 0 aliphatic carbocycles. The van der Waals surface area contributed by atoms with Gasteiger partial charge >= 0.3 is 0 Å². The quantitative estimate of drug-likeness (QED) is 0.513. The lowest BCUT2D eigenvalue weighted by atomic mass is 10.2. The zero-order valence-corrected chi connectivity index (χ0v) is 11.8. The normalized spacial score (nSPS) is 9.95. The molecule has 0 aromatic heterocycles. The predicted molar refractivity (Wildman–Crippen MR) is 80.2 cm³/mol. The van der Waals surface area contributed by atoms with E-state index in [1.165, 1.54) is 18.2 Å². The van der Waals surface area contributed by atoms with Crippen LogP contribution < -0.4 is 5.32 Å². The fourth-order valence-electron chi connectivity index (χ4n) is 1.54. The van der Waals surface area contributed by atoms with Crippen molar-refractivity contribution in [1.29, 1.82) is 0 Å². The summed E-state index contributed by atoms with van der Waals surface area (Å²) in [5, 5.41) is 13.3. The third-order valence-corrected chi connectivity index (χ3v) is 3.37. The van der Waals surface area contributed by atoms with Crippen molar-refractivity contribution in [2.75, 3.05) is 5.32 Å². The molecule has 1 amide bonds. The maximum atomic E-state index is 12.0. The average molecular weight is 368 g/mol. The molecular weight excluding hydrogens is 359 g/mol. The number of nitro benzene ring substituents is 1. The molecule has 96 valence electrons. The average Bonchev–Trinajstić information content (AvgIpc) is 2.39. The Morgan fingerprint density at radius 2 is 1.89 bits per heavy atom. The first-order valence-electron chi connectivity index (χ1n) is 5.38. The summed E-state index contributed by atoms with van der Waals surface area (Å²) in [7, 11) is 0. The minimum absolute atomic E-state index is 0.0550. The second-order valence-electron chi connectivity index (χ2n) is 3.74. The Hall–Kier alpha value is -1.96. The molecule has 2 rings (SSSR count). The monoisotopic (exact) mass is 368 g/mol. The van der Waals surface area contributed by atoms with Crippen LogP contribution in [0.25, 0.3) is 0 Å². The molecule has 6 heteroatoms. The molecule has 19 heavy (non-hydrogen) atoms. The number of carbonyl (C=O) groups is 1. The molecule has 1 N–H and O–H groups in total. The summed E-state index contributed by atoms with van der Waals surface area (Å²) in [6.45, 7) is 0. The summed E-state index contributed by atoms with van der Waals surface area (Å²) in [6, 6.07) is 13.0. The van der Waals surface area contributed by atoms with Gasteiger partial charge < -0.3 is 5.32 Å². The lowest BCUT2D eigenvalue weighted by molar-refractivity contribution is -0.384.